The molecule has 1 aromatic rings. The SMILES string of the molecule is Cn1ncc(CCC(=O)N2C[C@@H]3C[C@H]2CN3C(=O)C2CCCC2(C)C)n1. The molecule has 2 saturated heterocycles. The summed E-state index contributed by atoms with van der Waals surface area (Å²) in [7, 11) is 1.78. The first-order valence-corrected chi connectivity index (χ1v) is 9.80. The van der Waals surface area contributed by atoms with Gasteiger partial charge in [-0.1, -0.05) is 20.3 Å². The first-order valence-electron chi connectivity index (χ1n) is 9.80. The van der Waals surface area contributed by atoms with E-state index in [4.69, 9.17) is 0 Å². The second kappa shape index (κ2) is 6.35. The van der Waals surface area contributed by atoms with Crippen molar-refractivity contribution in [2.24, 2.45) is 18.4 Å². The van der Waals surface area contributed by atoms with Crippen LogP contribution >= 0.6 is 0 Å². The second-order valence-electron chi connectivity index (χ2n) is 8.84. The number of carbonyl (C=O) groups excluding carboxylic acids is 2. The van der Waals surface area contributed by atoms with E-state index in [0.29, 0.717) is 31.8 Å². The Bertz CT molecular complexity index is 713. The van der Waals surface area contributed by atoms with Crippen molar-refractivity contribution in [1.82, 2.24) is 24.8 Å². The number of hydrogen-bond acceptors (Lipinski definition) is 4. The molecule has 2 bridgehead atoms. The Kier molecular flexibility index (Phi) is 4.28. The number of hydrogen-bond donors (Lipinski definition) is 0. The minimum atomic E-state index is 0.116. The molecule has 3 atom stereocenters. The Hall–Kier alpha value is -1.92. The van der Waals surface area contributed by atoms with Gasteiger partial charge in [-0.05, 0) is 24.7 Å². The van der Waals surface area contributed by atoms with Crippen molar-refractivity contribution in [2.45, 2.75) is 64.5 Å². The molecule has 7 nitrogen and oxygen atoms in total. The number of aryl methyl sites for hydroxylation is 2. The van der Waals surface area contributed by atoms with Crippen LogP contribution in [0.2, 0.25) is 0 Å². The van der Waals surface area contributed by atoms with Gasteiger partial charge in [0.1, 0.15) is 0 Å². The van der Waals surface area contributed by atoms with Gasteiger partial charge in [-0.25, -0.2) is 0 Å². The van der Waals surface area contributed by atoms with E-state index in [1.807, 2.05) is 4.90 Å². The van der Waals surface area contributed by atoms with E-state index in [1.54, 1.807) is 13.2 Å². The number of aromatic nitrogens is 3. The van der Waals surface area contributed by atoms with Crippen LogP contribution in [-0.4, -0.2) is 61.8 Å². The molecule has 26 heavy (non-hydrogen) atoms. The third kappa shape index (κ3) is 3.01. The number of nitrogens with zero attached hydrogens (tertiary/aromatic N) is 5. The van der Waals surface area contributed by atoms with E-state index in [1.165, 1.54) is 4.80 Å². The zero-order valence-corrected chi connectivity index (χ0v) is 16.0. The van der Waals surface area contributed by atoms with Crippen molar-refractivity contribution < 1.29 is 9.59 Å². The number of amides is 2. The molecule has 0 aromatic carbocycles. The lowest BCUT2D eigenvalue weighted by atomic mass is 9.81. The Labute approximate surface area is 154 Å². The lowest BCUT2D eigenvalue weighted by Crippen LogP contribution is -2.52. The van der Waals surface area contributed by atoms with Crippen molar-refractivity contribution in [2.75, 3.05) is 13.1 Å². The lowest BCUT2D eigenvalue weighted by molar-refractivity contribution is -0.144. The zero-order valence-electron chi connectivity index (χ0n) is 16.0. The Morgan fingerprint density at radius 2 is 1.96 bits per heavy atom. The van der Waals surface area contributed by atoms with E-state index in [2.05, 4.69) is 28.9 Å². The van der Waals surface area contributed by atoms with Crippen LogP contribution < -0.4 is 0 Å². The van der Waals surface area contributed by atoms with Gasteiger partial charge in [0, 0.05) is 38.9 Å². The largest absolute Gasteiger partial charge is 0.336 e. The number of fused-ring (bicyclic) bond motifs is 2. The van der Waals surface area contributed by atoms with E-state index in [9.17, 15) is 9.59 Å². The van der Waals surface area contributed by atoms with E-state index in [-0.39, 0.29) is 29.3 Å². The predicted octanol–water partition coefficient (Wildman–Crippen LogP) is 1.39. The summed E-state index contributed by atoms with van der Waals surface area (Å²) in [6.07, 6.45) is 7.05. The fourth-order valence-corrected chi connectivity index (χ4v) is 5.11. The molecule has 3 fully saturated rings. The second-order valence-corrected chi connectivity index (χ2v) is 8.84. The first-order chi connectivity index (χ1) is 12.3. The van der Waals surface area contributed by atoms with Crippen LogP contribution in [0.25, 0.3) is 0 Å². The Balaban J connectivity index is 1.33. The van der Waals surface area contributed by atoms with E-state index >= 15 is 0 Å². The van der Waals surface area contributed by atoms with E-state index < -0.39 is 0 Å². The molecule has 0 spiro atoms. The highest BCUT2D eigenvalue weighted by Crippen LogP contribution is 2.45. The molecule has 1 aliphatic carbocycles. The minimum absolute atomic E-state index is 0.116. The maximum atomic E-state index is 13.0. The maximum absolute atomic E-state index is 13.0. The van der Waals surface area contributed by atoms with Crippen molar-refractivity contribution in [3.8, 4) is 0 Å². The molecule has 0 N–H and O–H groups in total. The lowest BCUT2D eigenvalue weighted by Gasteiger charge is -2.38. The topological polar surface area (TPSA) is 71.3 Å². The van der Waals surface area contributed by atoms with Crippen LogP contribution in [0.5, 0.6) is 0 Å². The molecule has 1 aromatic heterocycles. The van der Waals surface area contributed by atoms with Crippen LogP contribution in [0.4, 0.5) is 0 Å². The third-order valence-electron chi connectivity index (χ3n) is 6.64. The molecule has 1 unspecified atom stereocenters. The summed E-state index contributed by atoms with van der Waals surface area (Å²) in [5, 5.41) is 8.28. The van der Waals surface area contributed by atoms with Crippen molar-refractivity contribution in [3.63, 3.8) is 0 Å². The normalized spacial score (nSPS) is 29.6. The molecule has 4 rings (SSSR count). The number of rotatable bonds is 4. The van der Waals surface area contributed by atoms with Gasteiger partial charge in [0.15, 0.2) is 0 Å². The van der Waals surface area contributed by atoms with Crippen molar-refractivity contribution >= 4 is 11.8 Å². The highest BCUT2D eigenvalue weighted by atomic mass is 16.2. The van der Waals surface area contributed by atoms with Gasteiger partial charge in [-0.2, -0.15) is 15.0 Å². The molecule has 2 amide bonds. The summed E-state index contributed by atoms with van der Waals surface area (Å²) >= 11 is 0. The summed E-state index contributed by atoms with van der Waals surface area (Å²) in [6.45, 7) is 5.86. The van der Waals surface area contributed by atoms with E-state index in [0.717, 1.165) is 31.4 Å². The highest BCUT2D eigenvalue weighted by Gasteiger charge is 2.50. The summed E-state index contributed by atoms with van der Waals surface area (Å²) in [4.78, 5) is 31.3. The van der Waals surface area contributed by atoms with Gasteiger partial charge in [0.05, 0.1) is 24.0 Å². The number of piperazine rings is 1. The van der Waals surface area contributed by atoms with Crippen LogP contribution in [0.15, 0.2) is 6.20 Å². The number of carbonyl (C=O) groups is 2. The fraction of sp³-hybridized carbons (Fsp3) is 0.789. The molecule has 2 aliphatic heterocycles. The van der Waals surface area contributed by atoms with Gasteiger partial charge >= 0.3 is 0 Å². The third-order valence-corrected chi connectivity index (χ3v) is 6.64. The summed E-state index contributed by atoms with van der Waals surface area (Å²) < 4.78 is 0. The van der Waals surface area contributed by atoms with Crippen LogP contribution in [0.1, 0.15) is 51.6 Å². The quantitative estimate of drug-likeness (QED) is 0.814. The first kappa shape index (κ1) is 17.5. The average Bonchev–Trinajstić information content (AvgIpc) is 3.35. The maximum Gasteiger partial charge on any atom is 0.226 e. The van der Waals surface area contributed by atoms with Crippen molar-refractivity contribution in [1.29, 1.82) is 0 Å². The minimum Gasteiger partial charge on any atom is -0.336 e. The van der Waals surface area contributed by atoms with Gasteiger partial charge in [-0.3, -0.25) is 9.59 Å². The van der Waals surface area contributed by atoms with Crippen LogP contribution in [0.3, 0.4) is 0 Å². The molecule has 7 heteroatoms. The Morgan fingerprint density at radius 3 is 2.54 bits per heavy atom. The summed E-state index contributed by atoms with van der Waals surface area (Å²) in [5.74, 6) is 0.658. The molecular formula is C19H29N5O2. The fourth-order valence-electron chi connectivity index (χ4n) is 5.11. The molecule has 142 valence electrons. The van der Waals surface area contributed by atoms with Crippen LogP contribution in [-0.2, 0) is 23.1 Å². The summed E-state index contributed by atoms with van der Waals surface area (Å²) in [5.41, 5.74) is 0.969. The van der Waals surface area contributed by atoms with Gasteiger partial charge in [0.25, 0.3) is 0 Å². The Morgan fingerprint density at radius 1 is 1.23 bits per heavy atom. The highest BCUT2D eigenvalue weighted by molar-refractivity contribution is 5.82. The summed E-state index contributed by atoms with van der Waals surface area (Å²) in [6, 6.07) is 0.409. The standard InChI is InChI=1S/C19H29N5O2/c1-19(2)8-4-5-16(19)18(26)24-12-14-9-15(24)11-23(14)17(25)7-6-13-10-20-22(3)21-13/h10,14-16H,4-9,11-12H2,1-3H3/t14-,15-,16?/m0/s1. The van der Waals surface area contributed by atoms with Crippen molar-refractivity contribution in [3.05, 3.63) is 11.9 Å². The molecule has 1 saturated carbocycles. The predicted molar refractivity (Wildman–Crippen MR) is 96.1 cm³/mol. The molecule has 3 aliphatic rings. The van der Waals surface area contributed by atoms with Gasteiger partial charge in [-0.15, -0.1) is 0 Å². The molecule has 3 heterocycles. The monoisotopic (exact) mass is 359 g/mol. The number of likely N-dealkylation sites (tertiary alicyclic amines) is 2. The van der Waals surface area contributed by atoms with Gasteiger partial charge < -0.3 is 9.80 Å². The van der Waals surface area contributed by atoms with Crippen LogP contribution in [0, 0.1) is 11.3 Å². The smallest absolute Gasteiger partial charge is 0.226 e. The molecular weight excluding hydrogens is 330 g/mol. The molecule has 0 radical (unpaired) electrons. The average molecular weight is 359 g/mol. The van der Waals surface area contributed by atoms with Gasteiger partial charge in [0.2, 0.25) is 11.8 Å². The zero-order chi connectivity index (χ0) is 18.5.